The van der Waals surface area contributed by atoms with E-state index in [4.69, 9.17) is 4.74 Å². The molecular weight excluding hydrogens is 316 g/mol. The van der Waals surface area contributed by atoms with Gasteiger partial charge < -0.3 is 20.1 Å². The Morgan fingerprint density at radius 3 is 2.96 bits per heavy atom. The molecule has 3 rings (SSSR count). The number of fused-ring (bicyclic) bond motifs is 2. The lowest BCUT2D eigenvalue weighted by atomic mass is 9.83. The van der Waals surface area contributed by atoms with Gasteiger partial charge >= 0.3 is 5.97 Å². The minimum atomic E-state index is -0.321. The van der Waals surface area contributed by atoms with Crippen molar-refractivity contribution >= 4 is 23.2 Å². The molecule has 0 radical (unpaired) electrons. The summed E-state index contributed by atoms with van der Waals surface area (Å²) in [5, 5.41) is 6.14. The van der Waals surface area contributed by atoms with E-state index < -0.39 is 0 Å². The highest BCUT2D eigenvalue weighted by atomic mass is 32.1. The summed E-state index contributed by atoms with van der Waals surface area (Å²) in [7, 11) is 1.34. The van der Waals surface area contributed by atoms with E-state index in [-0.39, 0.29) is 23.9 Å². The molecule has 0 atom stereocenters. The Bertz CT molecular complexity index is 593. The fourth-order valence-corrected chi connectivity index (χ4v) is 4.39. The van der Waals surface area contributed by atoms with Crippen molar-refractivity contribution in [3.8, 4) is 0 Å². The number of hydrogen-bond acceptors (Lipinski definition) is 6. The normalized spacial score (nSPS) is 19.2. The number of amides is 1. The molecule has 0 aliphatic carbocycles. The number of carbonyl (C=O) groups is 2. The van der Waals surface area contributed by atoms with Crippen molar-refractivity contribution in [2.24, 2.45) is 0 Å². The highest BCUT2D eigenvalue weighted by Crippen LogP contribution is 2.43. The summed E-state index contributed by atoms with van der Waals surface area (Å²) in [6.07, 6.45) is 2.94. The molecular formula is C16H22N2O4S. The first-order chi connectivity index (χ1) is 11.1. The van der Waals surface area contributed by atoms with Gasteiger partial charge in [0.15, 0.2) is 0 Å². The van der Waals surface area contributed by atoms with Crippen molar-refractivity contribution in [1.82, 2.24) is 10.6 Å². The van der Waals surface area contributed by atoms with E-state index in [0.717, 1.165) is 39.0 Å². The summed E-state index contributed by atoms with van der Waals surface area (Å²) in [5.41, 5.74) is 0.966. The van der Waals surface area contributed by atoms with E-state index in [1.54, 1.807) is 11.3 Å². The third-order valence-electron chi connectivity index (χ3n) is 4.48. The summed E-state index contributed by atoms with van der Waals surface area (Å²) in [4.78, 5) is 25.4. The molecule has 0 unspecified atom stereocenters. The van der Waals surface area contributed by atoms with Crippen molar-refractivity contribution in [3.05, 3.63) is 21.4 Å². The first-order valence-corrected chi connectivity index (χ1v) is 8.79. The van der Waals surface area contributed by atoms with Crippen LogP contribution in [-0.2, 0) is 26.3 Å². The molecule has 0 bridgehead atoms. The summed E-state index contributed by atoms with van der Waals surface area (Å²) >= 11 is 1.55. The minimum absolute atomic E-state index is 0.127. The Hall–Kier alpha value is -1.44. The zero-order chi connectivity index (χ0) is 16.3. The van der Waals surface area contributed by atoms with Gasteiger partial charge in [-0.05, 0) is 37.6 Å². The number of ether oxygens (including phenoxy) is 2. The summed E-state index contributed by atoms with van der Waals surface area (Å²) in [5.74, 6) is -0.449. The average Bonchev–Trinajstić information content (AvgIpc) is 3.01. The van der Waals surface area contributed by atoms with Crippen LogP contribution in [-0.4, -0.2) is 45.2 Å². The van der Waals surface area contributed by atoms with Gasteiger partial charge in [0.25, 0.3) is 5.91 Å². The molecule has 3 heterocycles. The quantitative estimate of drug-likeness (QED) is 0.807. The predicted molar refractivity (Wildman–Crippen MR) is 86.7 cm³/mol. The van der Waals surface area contributed by atoms with Crippen LogP contribution < -0.4 is 10.6 Å². The van der Waals surface area contributed by atoms with Crippen LogP contribution in [0.15, 0.2) is 6.07 Å². The molecule has 2 aliphatic rings. The maximum atomic E-state index is 12.3. The maximum Gasteiger partial charge on any atom is 0.307 e. The van der Waals surface area contributed by atoms with E-state index in [2.05, 4.69) is 15.4 Å². The first kappa shape index (κ1) is 16.4. The van der Waals surface area contributed by atoms with E-state index in [0.29, 0.717) is 11.4 Å². The van der Waals surface area contributed by atoms with Gasteiger partial charge in [0.2, 0.25) is 0 Å². The van der Waals surface area contributed by atoms with Crippen LogP contribution in [0, 0.1) is 0 Å². The monoisotopic (exact) mass is 338 g/mol. The van der Waals surface area contributed by atoms with Crippen molar-refractivity contribution in [3.63, 3.8) is 0 Å². The molecule has 1 aromatic heterocycles. The van der Waals surface area contributed by atoms with E-state index in [1.165, 1.54) is 17.6 Å². The van der Waals surface area contributed by atoms with Crippen LogP contribution in [0.1, 0.15) is 39.4 Å². The molecule has 126 valence electrons. The molecule has 1 spiro atoms. The maximum absolute atomic E-state index is 12.3. The SMILES string of the molecule is COC(=O)CCNC(=O)c1cc2c(s1)CCOC21CCNCC1. The number of hydrogen-bond donors (Lipinski definition) is 2. The fraction of sp³-hybridized carbons (Fsp3) is 0.625. The summed E-state index contributed by atoms with van der Waals surface area (Å²) in [6, 6.07) is 1.98. The lowest BCUT2D eigenvalue weighted by Crippen LogP contribution is -2.44. The molecule has 1 aromatic rings. The first-order valence-electron chi connectivity index (χ1n) is 7.97. The van der Waals surface area contributed by atoms with Crippen LogP contribution in [0.2, 0.25) is 0 Å². The Morgan fingerprint density at radius 1 is 1.43 bits per heavy atom. The van der Waals surface area contributed by atoms with Gasteiger partial charge in [-0.3, -0.25) is 9.59 Å². The number of piperidine rings is 1. The third kappa shape index (κ3) is 3.41. The highest BCUT2D eigenvalue weighted by Gasteiger charge is 2.40. The lowest BCUT2D eigenvalue weighted by molar-refractivity contribution is -0.140. The van der Waals surface area contributed by atoms with Gasteiger partial charge in [-0.1, -0.05) is 0 Å². The van der Waals surface area contributed by atoms with Gasteiger partial charge in [0.1, 0.15) is 0 Å². The molecule has 1 fully saturated rings. The zero-order valence-electron chi connectivity index (χ0n) is 13.3. The van der Waals surface area contributed by atoms with Crippen molar-refractivity contribution in [2.45, 2.75) is 31.3 Å². The van der Waals surface area contributed by atoms with E-state index in [1.807, 2.05) is 6.07 Å². The van der Waals surface area contributed by atoms with Gasteiger partial charge in [0.05, 0.1) is 30.6 Å². The number of nitrogens with one attached hydrogen (secondary N) is 2. The number of thiophene rings is 1. The van der Waals surface area contributed by atoms with Crippen LogP contribution in [0.5, 0.6) is 0 Å². The lowest BCUT2D eigenvalue weighted by Gasteiger charge is -2.40. The van der Waals surface area contributed by atoms with E-state index >= 15 is 0 Å². The molecule has 2 aliphatic heterocycles. The molecule has 23 heavy (non-hydrogen) atoms. The Balaban J connectivity index is 1.71. The Morgan fingerprint density at radius 2 is 2.22 bits per heavy atom. The number of esters is 1. The molecule has 0 saturated carbocycles. The van der Waals surface area contributed by atoms with Crippen molar-refractivity contribution in [2.75, 3.05) is 33.4 Å². The molecule has 7 heteroatoms. The van der Waals surface area contributed by atoms with Gasteiger partial charge in [-0.15, -0.1) is 11.3 Å². The van der Waals surface area contributed by atoms with Gasteiger partial charge in [0, 0.05) is 17.8 Å². The molecule has 0 aromatic carbocycles. The Kier molecular flexibility index (Phi) is 4.99. The predicted octanol–water partition coefficient (Wildman–Crippen LogP) is 1.19. The van der Waals surface area contributed by atoms with Crippen LogP contribution in [0.25, 0.3) is 0 Å². The van der Waals surface area contributed by atoms with Gasteiger partial charge in [-0.2, -0.15) is 0 Å². The second-order valence-electron chi connectivity index (χ2n) is 5.87. The highest BCUT2D eigenvalue weighted by molar-refractivity contribution is 7.14. The summed E-state index contributed by atoms with van der Waals surface area (Å²) in [6.45, 7) is 2.89. The second-order valence-corrected chi connectivity index (χ2v) is 7.01. The smallest absolute Gasteiger partial charge is 0.307 e. The largest absolute Gasteiger partial charge is 0.469 e. The van der Waals surface area contributed by atoms with Crippen molar-refractivity contribution in [1.29, 1.82) is 0 Å². The third-order valence-corrected chi connectivity index (χ3v) is 5.68. The van der Waals surface area contributed by atoms with Crippen molar-refractivity contribution < 1.29 is 19.1 Å². The van der Waals surface area contributed by atoms with E-state index in [9.17, 15) is 9.59 Å². The minimum Gasteiger partial charge on any atom is -0.469 e. The number of carbonyl (C=O) groups excluding carboxylic acids is 2. The standard InChI is InChI=1S/C16H22N2O4S/c1-21-14(19)2-6-18-15(20)13-10-11-12(23-13)3-9-22-16(11)4-7-17-8-5-16/h10,17H,2-9H2,1H3,(H,18,20). The Labute approximate surface area is 139 Å². The zero-order valence-corrected chi connectivity index (χ0v) is 14.1. The molecule has 6 nitrogen and oxygen atoms in total. The second kappa shape index (κ2) is 6.98. The van der Waals surface area contributed by atoms with Crippen LogP contribution >= 0.6 is 11.3 Å². The summed E-state index contributed by atoms with van der Waals surface area (Å²) < 4.78 is 10.7. The number of rotatable bonds is 4. The molecule has 1 amide bonds. The van der Waals surface area contributed by atoms with Crippen LogP contribution in [0.3, 0.4) is 0 Å². The average molecular weight is 338 g/mol. The van der Waals surface area contributed by atoms with Crippen LogP contribution in [0.4, 0.5) is 0 Å². The molecule has 1 saturated heterocycles. The topological polar surface area (TPSA) is 76.7 Å². The number of methoxy groups -OCH3 is 1. The van der Waals surface area contributed by atoms with Gasteiger partial charge in [-0.25, -0.2) is 0 Å². The fourth-order valence-electron chi connectivity index (χ4n) is 3.24. The molecule has 2 N–H and O–H groups in total.